The van der Waals surface area contributed by atoms with Gasteiger partial charge in [-0.2, -0.15) is 0 Å². The summed E-state index contributed by atoms with van der Waals surface area (Å²) in [5.74, 6) is -1.56. The number of primary amides is 1. The van der Waals surface area contributed by atoms with Crippen LogP contribution in [-0.4, -0.2) is 42.4 Å². The molecule has 2 aromatic rings. The first-order valence-corrected chi connectivity index (χ1v) is 9.21. The summed E-state index contributed by atoms with van der Waals surface area (Å²) in [6, 6.07) is 11.6. The number of hydrogen-bond donors (Lipinski definition) is 2. The first-order valence-electron chi connectivity index (χ1n) is 9.21. The van der Waals surface area contributed by atoms with Crippen LogP contribution in [0.3, 0.4) is 0 Å². The zero-order valence-corrected chi connectivity index (χ0v) is 15.4. The predicted octanol–water partition coefficient (Wildman–Crippen LogP) is 2.81. The van der Waals surface area contributed by atoms with Crippen LogP contribution < -0.4 is 11.1 Å². The van der Waals surface area contributed by atoms with Crippen molar-refractivity contribution < 1.29 is 14.0 Å². The smallest absolute Gasteiger partial charge is 0.251 e. The fraction of sp³-hybridized carbons (Fsp3) is 0.333. The van der Waals surface area contributed by atoms with Gasteiger partial charge in [0.05, 0.1) is 5.56 Å². The minimum Gasteiger partial charge on any atom is -0.366 e. The summed E-state index contributed by atoms with van der Waals surface area (Å²) in [5.41, 5.74) is 7.06. The van der Waals surface area contributed by atoms with Gasteiger partial charge >= 0.3 is 0 Å². The molecule has 27 heavy (non-hydrogen) atoms. The normalized spacial score (nSPS) is 17.0. The molecule has 1 aliphatic rings. The second kappa shape index (κ2) is 8.31. The quantitative estimate of drug-likeness (QED) is 0.822. The van der Waals surface area contributed by atoms with Crippen LogP contribution in [0.25, 0.3) is 11.1 Å². The van der Waals surface area contributed by atoms with Crippen molar-refractivity contribution in [2.24, 2.45) is 5.73 Å². The molecule has 2 aromatic carbocycles. The van der Waals surface area contributed by atoms with E-state index >= 15 is 0 Å². The third kappa shape index (κ3) is 4.34. The monoisotopic (exact) mass is 369 g/mol. The lowest BCUT2D eigenvalue weighted by atomic mass is 10.0. The number of rotatable bonds is 6. The van der Waals surface area contributed by atoms with Crippen LogP contribution in [0.5, 0.6) is 0 Å². The Balaban J connectivity index is 1.67. The number of amides is 2. The highest BCUT2D eigenvalue weighted by molar-refractivity contribution is 5.95. The molecule has 0 saturated carbocycles. The lowest BCUT2D eigenvalue weighted by Crippen LogP contribution is -2.40. The molecule has 2 amide bonds. The predicted molar refractivity (Wildman–Crippen MR) is 103 cm³/mol. The topological polar surface area (TPSA) is 75.4 Å². The van der Waals surface area contributed by atoms with Crippen LogP contribution in [0.2, 0.25) is 0 Å². The summed E-state index contributed by atoms with van der Waals surface area (Å²) in [7, 11) is 0. The Labute approximate surface area is 158 Å². The summed E-state index contributed by atoms with van der Waals surface area (Å²) in [5, 5.41) is 3.00. The molecule has 142 valence electrons. The molecule has 0 unspecified atom stereocenters. The maximum Gasteiger partial charge on any atom is 0.251 e. The highest BCUT2D eigenvalue weighted by Crippen LogP contribution is 2.23. The van der Waals surface area contributed by atoms with Crippen LogP contribution >= 0.6 is 0 Å². The van der Waals surface area contributed by atoms with Gasteiger partial charge in [-0.1, -0.05) is 25.1 Å². The van der Waals surface area contributed by atoms with Crippen molar-refractivity contribution in [3.63, 3.8) is 0 Å². The van der Waals surface area contributed by atoms with Crippen LogP contribution in [0.4, 0.5) is 4.39 Å². The molecule has 0 aromatic heterocycles. The first-order chi connectivity index (χ1) is 13.0. The molecule has 0 radical (unpaired) electrons. The number of likely N-dealkylation sites (tertiary alicyclic amines) is 1. The molecule has 0 spiro atoms. The van der Waals surface area contributed by atoms with E-state index in [0.717, 1.165) is 25.1 Å². The van der Waals surface area contributed by atoms with Crippen LogP contribution in [-0.2, 0) is 0 Å². The summed E-state index contributed by atoms with van der Waals surface area (Å²) in [6.45, 7) is 4.88. The van der Waals surface area contributed by atoms with Gasteiger partial charge in [0.1, 0.15) is 5.82 Å². The number of nitrogens with one attached hydrogen (secondary N) is 1. The molecule has 1 saturated heterocycles. The maximum absolute atomic E-state index is 13.6. The number of benzene rings is 2. The number of hydrogen-bond acceptors (Lipinski definition) is 3. The molecule has 1 aliphatic heterocycles. The van der Waals surface area contributed by atoms with E-state index in [9.17, 15) is 14.0 Å². The zero-order valence-electron chi connectivity index (χ0n) is 15.4. The van der Waals surface area contributed by atoms with Crippen LogP contribution in [0.15, 0.2) is 42.5 Å². The largest absolute Gasteiger partial charge is 0.366 e. The molecule has 3 N–H and O–H groups in total. The Morgan fingerprint density at radius 2 is 1.89 bits per heavy atom. The Morgan fingerprint density at radius 1 is 1.19 bits per heavy atom. The number of halogens is 1. The molecule has 5 nitrogen and oxygen atoms in total. The van der Waals surface area contributed by atoms with Crippen molar-refractivity contribution in [2.45, 2.75) is 25.8 Å². The zero-order chi connectivity index (χ0) is 19.4. The Kier molecular flexibility index (Phi) is 5.86. The number of nitrogens with zero attached hydrogens (tertiary/aromatic N) is 1. The second-order valence-electron chi connectivity index (χ2n) is 6.77. The minimum absolute atomic E-state index is 0.110. The van der Waals surface area contributed by atoms with Crippen molar-refractivity contribution in [3.8, 4) is 11.1 Å². The Hall–Kier alpha value is -2.73. The van der Waals surface area contributed by atoms with Gasteiger partial charge in [-0.05, 0) is 61.3 Å². The van der Waals surface area contributed by atoms with Gasteiger partial charge in [0.15, 0.2) is 0 Å². The lowest BCUT2D eigenvalue weighted by molar-refractivity contribution is 0.0940. The average molecular weight is 369 g/mol. The molecule has 1 fully saturated rings. The SMILES string of the molecule is CCN1CCC[C@@H]1CNC(=O)c1ccc(-c2ccc(F)c(C(N)=O)c2)cc1. The third-order valence-electron chi connectivity index (χ3n) is 5.12. The van der Waals surface area contributed by atoms with Gasteiger partial charge in [-0.25, -0.2) is 4.39 Å². The number of carbonyl (C=O) groups excluding carboxylic acids is 2. The molecule has 0 bridgehead atoms. The van der Waals surface area contributed by atoms with E-state index in [1.165, 1.54) is 18.6 Å². The van der Waals surface area contributed by atoms with Gasteiger partial charge in [-0.3, -0.25) is 14.5 Å². The second-order valence-corrected chi connectivity index (χ2v) is 6.77. The highest BCUT2D eigenvalue weighted by Gasteiger charge is 2.23. The van der Waals surface area contributed by atoms with Gasteiger partial charge in [0.2, 0.25) is 0 Å². The standard InChI is InChI=1S/C21H24FN3O2/c1-2-25-11-3-4-17(25)13-24-21(27)15-7-5-14(6-8-15)16-9-10-19(22)18(12-16)20(23)26/h5-10,12,17H,2-4,11,13H2,1H3,(H2,23,26)(H,24,27)/t17-/m1/s1. The summed E-state index contributed by atoms with van der Waals surface area (Å²) >= 11 is 0. The van der Waals surface area contributed by atoms with Gasteiger partial charge in [-0.15, -0.1) is 0 Å². The van der Waals surface area contributed by atoms with Crippen molar-refractivity contribution in [3.05, 3.63) is 59.4 Å². The fourth-order valence-corrected chi connectivity index (χ4v) is 3.56. The van der Waals surface area contributed by atoms with E-state index in [0.29, 0.717) is 23.7 Å². The van der Waals surface area contributed by atoms with E-state index in [2.05, 4.69) is 17.1 Å². The van der Waals surface area contributed by atoms with E-state index in [-0.39, 0.29) is 11.5 Å². The molecule has 1 atom stereocenters. The molecule has 6 heteroatoms. The van der Waals surface area contributed by atoms with Crippen molar-refractivity contribution in [1.29, 1.82) is 0 Å². The van der Waals surface area contributed by atoms with Crippen molar-refractivity contribution in [1.82, 2.24) is 10.2 Å². The van der Waals surface area contributed by atoms with Gasteiger partial charge in [0, 0.05) is 18.2 Å². The number of likely N-dealkylation sites (N-methyl/N-ethyl adjacent to an activating group) is 1. The van der Waals surface area contributed by atoms with Crippen LogP contribution in [0, 0.1) is 5.82 Å². The minimum atomic E-state index is -0.807. The molecular weight excluding hydrogens is 345 g/mol. The molecular formula is C21H24FN3O2. The fourth-order valence-electron chi connectivity index (χ4n) is 3.56. The van der Waals surface area contributed by atoms with Crippen molar-refractivity contribution >= 4 is 11.8 Å². The van der Waals surface area contributed by atoms with Crippen LogP contribution in [0.1, 0.15) is 40.5 Å². The molecule has 3 rings (SSSR count). The van der Waals surface area contributed by atoms with E-state index in [1.54, 1.807) is 30.3 Å². The Bertz CT molecular complexity index is 836. The molecule has 1 heterocycles. The number of nitrogens with two attached hydrogens (primary N) is 1. The maximum atomic E-state index is 13.6. The van der Waals surface area contributed by atoms with E-state index in [4.69, 9.17) is 5.73 Å². The Morgan fingerprint density at radius 3 is 2.56 bits per heavy atom. The third-order valence-corrected chi connectivity index (χ3v) is 5.12. The summed E-state index contributed by atoms with van der Waals surface area (Å²) in [6.07, 6.45) is 2.29. The van der Waals surface area contributed by atoms with E-state index < -0.39 is 11.7 Å². The van der Waals surface area contributed by atoms with Crippen molar-refractivity contribution in [2.75, 3.05) is 19.6 Å². The average Bonchev–Trinajstić information content (AvgIpc) is 3.14. The van der Waals surface area contributed by atoms with E-state index in [1.807, 2.05) is 0 Å². The van der Waals surface area contributed by atoms with Gasteiger partial charge < -0.3 is 11.1 Å². The highest BCUT2D eigenvalue weighted by atomic mass is 19.1. The lowest BCUT2D eigenvalue weighted by Gasteiger charge is -2.22. The first kappa shape index (κ1) is 19.0. The number of carbonyl (C=O) groups is 2. The summed E-state index contributed by atoms with van der Waals surface area (Å²) in [4.78, 5) is 26.1. The molecule has 0 aliphatic carbocycles. The van der Waals surface area contributed by atoms with Gasteiger partial charge in [0.25, 0.3) is 11.8 Å². The summed E-state index contributed by atoms with van der Waals surface area (Å²) < 4.78 is 13.6.